The van der Waals surface area contributed by atoms with Crippen molar-refractivity contribution in [1.29, 1.82) is 0 Å². The third-order valence-electron chi connectivity index (χ3n) is 6.65. The highest BCUT2D eigenvalue weighted by molar-refractivity contribution is 9.11. The second-order valence-corrected chi connectivity index (χ2v) is 13.8. The molecule has 0 spiro atoms. The predicted molar refractivity (Wildman–Crippen MR) is 205 cm³/mol. The Kier molecular flexibility index (Phi) is 18.4. The molecule has 2 unspecified atom stereocenters. The van der Waals surface area contributed by atoms with E-state index in [2.05, 4.69) is 77.6 Å². The Hall–Kier alpha value is -2.08. The van der Waals surface area contributed by atoms with E-state index < -0.39 is 17.6 Å². The van der Waals surface area contributed by atoms with Crippen LogP contribution in [0.25, 0.3) is 0 Å². The van der Waals surface area contributed by atoms with Gasteiger partial charge in [0.15, 0.2) is 0 Å². The van der Waals surface area contributed by atoms with Gasteiger partial charge in [0, 0.05) is 5.41 Å². The predicted octanol–water partition coefficient (Wildman–Crippen LogP) is 10.8. The van der Waals surface area contributed by atoms with E-state index in [1.165, 1.54) is 0 Å². The molecule has 6 nitrogen and oxygen atoms in total. The lowest BCUT2D eigenvalue weighted by Gasteiger charge is -2.28. The van der Waals surface area contributed by atoms with Crippen LogP contribution in [0.3, 0.4) is 0 Å². The molecule has 0 amide bonds. The SMILES string of the molecule is CC.CC.CC(C)(c1cc(Br)c(OCC(O)COc2ccccc2)c(Br)c1)c1cc(Br)c(OCC(O)COc2ccccc2)c(Br)c1. The first-order valence-corrected chi connectivity index (χ1v) is 18.7. The smallest absolute Gasteiger partial charge is 0.147 e. The molecule has 2 atom stereocenters. The minimum atomic E-state index is -0.803. The second-order valence-electron chi connectivity index (χ2n) is 10.3. The van der Waals surface area contributed by atoms with Crippen molar-refractivity contribution in [1.82, 2.24) is 0 Å². The molecule has 2 N–H and O–H groups in total. The lowest BCUT2D eigenvalue weighted by Crippen LogP contribution is -2.25. The summed E-state index contributed by atoms with van der Waals surface area (Å²) < 4.78 is 26.2. The maximum Gasteiger partial charge on any atom is 0.147 e. The summed E-state index contributed by atoms with van der Waals surface area (Å²) in [4.78, 5) is 0. The van der Waals surface area contributed by atoms with Gasteiger partial charge in [-0.3, -0.25) is 0 Å². The van der Waals surface area contributed by atoms with E-state index in [0.717, 1.165) is 29.0 Å². The summed E-state index contributed by atoms with van der Waals surface area (Å²) in [5.74, 6) is 2.58. The molecule has 47 heavy (non-hydrogen) atoms. The van der Waals surface area contributed by atoms with Crippen LogP contribution in [0.4, 0.5) is 0 Å². The molecule has 0 aliphatic carbocycles. The Bertz CT molecular complexity index is 1330. The van der Waals surface area contributed by atoms with Crippen LogP contribution in [-0.2, 0) is 5.41 Å². The number of benzene rings is 4. The molecular formula is C37H44Br4O6. The van der Waals surface area contributed by atoms with Gasteiger partial charge >= 0.3 is 0 Å². The molecule has 4 aromatic carbocycles. The van der Waals surface area contributed by atoms with Gasteiger partial charge < -0.3 is 29.2 Å². The quantitative estimate of drug-likeness (QED) is 0.131. The Morgan fingerprint density at radius 2 is 0.787 bits per heavy atom. The van der Waals surface area contributed by atoms with Gasteiger partial charge in [-0.1, -0.05) is 77.9 Å². The highest BCUT2D eigenvalue weighted by atomic mass is 79.9. The monoisotopic (exact) mass is 900 g/mol. The Labute approximate surface area is 313 Å². The average molecular weight is 904 g/mol. The third-order valence-corrected chi connectivity index (χ3v) is 9.01. The molecule has 0 bridgehead atoms. The first-order chi connectivity index (χ1) is 22.5. The molecule has 256 valence electrons. The van der Waals surface area contributed by atoms with Gasteiger partial charge in [0.25, 0.3) is 0 Å². The Balaban J connectivity index is 0.00000185. The van der Waals surface area contributed by atoms with E-state index in [4.69, 9.17) is 18.9 Å². The van der Waals surface area contributed by atoms with Gasteiger partial charge in [0.2, 0.25) is 0 Å². The number of aliphatic hydroxyl groups excluding tert-OH is 2. The van der Waals surface area contributed by atoms with Crippen molar-refractivity contribution in [3.8, 4) is 23.0 Å². The lowest BCUT2D eigenvalue weighted by molar-refractivity contribution is 0.0621. The van der Waals surface area contributed by atoms with E-state index >= 15 is 0 Å². The Morgan fingerprint density at radius 3 is 1.09 bits per heavy atom. The van der Waals surface area contributed by atoms with Crippen LogP contribution in [0, 0.1) is 0 Å². The second kappa shape index (κ2) is 21.1. The van der Waals surface area contributed by atoms with Crippen molar-refractivity contribution >= 4 is 63.7 Å². The molecule has 4 aromatic rings. The summed E-state index contributed by atoms with van der Waals surface area (Å²) in [5, 5.41) is 20.8. The van der Waals surface area contributed by atoms with Gasteiger partial charge in [0.05, 0.1) is 17.9 Å². The van der Waals surface area contributed by atoms with Crippen LogP contribution < -0.4 is 18.9 Å². The minimum Gasteiger partial charge on any atom is -0.491 e. The minimum absolute atomic E-state index is 0.0706. The van der Waals surface area contributed by atoms with E-state index in [-0.39, 0.29) is 26.4 Å². The molecule has 0 saturated heterocycles. The van der Waals surface area contributed by atoms with Crippen molar-refractivity contribution in [2.24, 2.45) is 0 Å². The van der Waals surface area contributed by atoms with Gasteiger partial charge in [-0.05, 0) is 123 Å². The van der Waals surface area contributed by atoms with E-state index in [0.29, 0.717) is 23.0 Å². The summed E-state index contributed by atoms with van der Waals surface area (Å²) in [5.41, 5.74) is 1.67. The zero-order valence-corrected chi connectivity index (χ0v) is 33.9. The Morgan fingerprint density at radius 1 is 0.511 bits per heavy atom. The van der Waals surface area contributed by atoms with Gasteiger partial charge in [0.1, 0.15) is 61.6 Å². The van der Waals surface area contributed by atoms with Gasteiger partial charge in [-0.25, -0.2) is 0 Å². The van der Waals surface area contributed by atoms with Crippen LogP contribution in [0.15, 0.2) is 103 Å². The maximum atomic E-state index is 10.4. The average Bonchev–Trinajstić information content (AvgIpc) is 3.08. The number of halogens is 4. The van der Waals surface area contributed by atoms with Crippen LogP contribution in [0.1, 0.15) is 52.7 Å². The molecule has 0 aliphatic rings. The molecule has 0 heterocycles. The van der Waals surface area contributed by atoms with Gasteiger partial charge in [-0.15, -0.1) is 0 Å². The number of hydrogen-bond donors (Lipinski definition) is 2. The normalized spacial score (nSPS) is 12.0. The van der Waals surface area contributed by atoms with Gasteiger partial charge in [-0.2, -0.15) is 0 Å². The first-order valence-electron chi connectivity index (χ1n) is 15.5. The largest absolute Gasteiger partial charge is 0.491 e. The fraction of sp³-hybridized carbons (Fsp3) is 0.351. The first kappa shape index (κ1) is 41.1. The van der Waals surface area contributed by atoms with E-state index in [1.54, 1.807) is 0 Å². The highest BCUT2D eigenvalue weighted by Crippen LogP contribution is 2.44. The van der Waals surface area contributed by atoms with Crippen molar-refractivity contribution < 1.29 is 29.2 Å². The number of aliphatic hydroxyl groups is 2. The van der Waals surface area contributed by atoms with Crippen LogP contribution in [0.5, 0.6) is 23.0 Å². The molecule has 0 radical (unpaired) electrons. The van der Waals surface area contributed by atoms with Crippen LogP contribution >= 0.6 is 63.7 Å². The lowest BCUT2D eigenvalue weighted by atomic mass is 9.78. The van der Waals surface area contributed by atoms with Crippen molar-refractivity contribution in [3.63, 3.8) is 0 Å². The molecule has 0 aliphatic heterocycles. The standard InChI is InChI=1S/C33H32Br4O6.2C2H6/c1-33(2,21-13-27(34)31(28(35)14-21)42-19-23(38)17-40-25-9-5-3-6-10-25)22-15-29(36)32(30(37)16-22)43-20-24(39)18-41-26-11-7-4-8-12-26;2*1-2/h3-16,23-24,38-39H,17-20H2,1-2H3;2*1-2H3. The summed E-state index contributed by atoms with van der Waals surface area (Å²) in [6.45, 7) is 12.6. The summed E-state index contributed by atoms with van der Waals surface area (Å²) in [6.07, 6.45) is -1.61. The fourth-order valence-electron chi connectivity index (χ4n) is 4.16. The highest BCUT2D eigenvalue weighted by Gasteiger charge is 2.28. The van der Waals surface area contributed by atoms with Crippen molar-refractivity contribution in [3.05, 3.63) is 114 Å². The fourth-order valence-corrected chi connectivity index (χ4v) is 6.99. The van der Waals surface area contributed by atoms with Crippen molar-refractivity contribution in [2.45, 2.75) is 59.2 Å². The van der Waals surface area contributed by atoms with E-state index in [1.807, 2.05) is 113 Å². The summed E-state index contributed by atoms with van der Waals surface area (Å²) >= 11 is 14.6. The molecule has 10 heteroatoms. The summed E-state index contributed by atoms with van der Waals surface area (Å²) in [7, 11) is 0. The molecule has 0 saturated carbocycles. The maximum absolute atomic E-state index is 10.4. The van der Waals surface area contributed by atoms with Crippen LogP contribution in [0.2, 0.25) is 0 Å². The topological polar surface area (TPSA) is 77.4 Å². The summed E-state index contributed by atoms with van der Waals surface area (Å²) in [6, 6.07) is 26.8. The third kappa shape index (κ3) is 12.7. The molecule has 0 fully saturated rings. The number of para-hydroxylation sites is 2. The number of ether oxygens (including phenoxy) is 4. The molecule has 0 aromatic heterocycles. The van der Waals surface area contributed by atoms with E-state index in [9.17, 15) is 10.2 Å². The molecule has 4 rings (SSSR count). The number of hydrogen-bond acceptors (Lipinski definition) is 6. The zero-order chi connectivity index (χ0) is 35.0. The molecular weight excluding hydrogens is 860 g/mol. The van der Waals surface area contributed by atoms with Crippen molar-refractivity contribution in [2.75, 3.05) is 26.4 Å². The number of rotatable bonds is 14. The van der Waals surface area contributed by atoms with Crippen LogP contribution in [-0.4, -0.2) is 48.8 Å². The zero-order valence-electron chi connectivity index (χ0n) is 27.6.